The molecule has 0 radical (unpaired) electrons. The first-order valence-corrected chi connectivity index (χ1v) is 5.66. The molecule has 14 heavy (non-hydrogen) atoms. The summed E-state index contributed by atoms with van der Waals surface area (Å²) in [5.74, 6) is 0.910. The smallest absolute Gasteiger partial charge is 0.0958 e. The largest absolute Gasteiger partial charge is 0.379 e. The lowest BCUT2D eigenvalue weighted by Crippen LogP contribution is -2.54. The second-order valence-electron chi connectivity index (χ2n) is 4.68. The van der Waals surface area contributed by atoms with E-state index in [9.17, 15) is 0 Å². The summed E-state index contributed by atoms with van der Waals surface area (Å²) in [6.07, 6.45) is 3.99. The average molecular weight is 199 g/mol. The Hall–Kier alpha value is -0.120. The van der Waals surface area contributed by atoms with Gasteiger partial charge in [0.15, 0.2) is 0 Å². The molecule has 2 atom stereocenters. The van der Waals surface area contributed by atoms with Crippen molar-refractivity contribution in [3.05, 3.63) is 0 Å². The maximum absolute atomic E-state index is 5.41. The highest BCUT2D eigenvalue weighted by Crippen LogP contribution is 2.27. The molecule has 1 aliphatic carbocycles. The van der Waals surface area contributed by atoms with Crippen molar-refractivity contribution in [3.8, 4) is 0 Å². The molecular formula is C11H21NO2. The molecule has 1 N–H and O–H groups in total. The molecule has 3 nitrogen and oxygen atoms in total. The number of nitrogens with one attached hydrogen (secondary N) is 1. The van der Waals surface area contributed by atoms with Gasteiger partial charge in [-0.2, -0.15) is 0 Å². The molecule has 82 valence electrons. The van der Waals surface area contributed by atoms with Gasteiger partial charge in [-0.1, -0.05) is 6.92 Å². The quantitative estimate of drug-likeness (QED) is 0.740. The molecule has 2 aliphatic rings. The third-order valence-electron chi connectivity index (χ3n) is 3.43. The average Bonchev–Trinajstić information content (AvgIpc) is 2.16. The molecule has 0 bridgehead atoms. The topological polar surface area (TPSA) is 30.5 Å². The van der Waals surface area contributed by atoms with E-state index in [1.807, 2.05) is 0 Å². The molecule has 1 heterocycles. The Morgan fingerprint density at radius 3 is 2.79 bits per heavy atom. The zero-order valence-electron chi connectivity index (χ0n) is 9.16. The van der Waals surface area contributed by atoms with Crippen molar-refractivity contribution in [2.45, 2.75) is 44.4 Å². The third kappa shape index (κ3) is 2.27. The lowest BCUT2D eigenvalue weighted by molar-refractivity contribution is -0.0554. The highest BCUT2D eigenvalue weighted by atomic mass is 16.5. The zero-order valence-corrected chi connectivity index (χ0v) is 9.16. The van der Waals surface area contributed by atoms with E-state index in [4.69, 9.17) is 9.47 Å². The normalized spacial score (nSPS) is 43.3. The first-order valence-electron chi connectivity index (χ1n) is 5.66. The van der Waals surface area contributed by atoms with E-state index < -0.39 is 0 Å². The molecule has 0 aromatic carbocycles. The fourth-order valence-electron chi connectivity index (χ4n) is 2.48. The molecule has 1 saturated heterocycles. The van der Waals surface area contributed by atoms with Crippen LogP contribution in [0.3, 0.4) is 0 Å². The van der Waals surface area contributed by atoms with E-state index in [1.165, 1.54) is 12.8 Å². The van der Waals surface area contributed by atoms with E-state index in [0.717, 1.165) is 31.6 Å². The van der Waals surface area contributed by atoms with Crippen LogP contribution in [0.5, 0.6) is 0 Å². The molecular weight excluding hydrogens is 178 g/mol. The van der Waals surface area contributed by atoms with Gasteiger partial charge in [-0.05, 0) is 25.2 Å². The summed E-state index contributed by atoms with van der Waals surface area (Å²) >= 11 is 0. The SMILES string of the molecule is COC1COCCC1NC1CC(C)C1. The van der Waals surface area contributed by atoms with Gasteiger partial charge in [-0.3, -0.25) is 0 Å². The van der Waals surface area contributed by atoms with Crippen molar-refractivity contribution in [2.24, 2.45) is 5.92 Å². The first kappa shape index (κ1) is 10.4. The highest BCUT2D eigenvalue weighted by Gasteiger charge is 2.32. The number of ether oxygens (including phenoxy) is 2. The lowest BCUT2D eigenvalue weighted by Gasteiger charge is -2.40. The van der Waals surface area contributed by atoms with Gasteiger partial charge in [0.1, 0.15) is 0 Å². The maximum atomic E-state index is 5.41. The van der Waals surface area contributed by atoms with E-state index in [2.05, 4.69) is 12.2 Å². The summed E-state index contributed by atoms with van der Waals surface area (Å²) in [5, 5.41) is 3.68. The predicted octanol–water partition coefficient (Wildman–Crippen LogP) is 1.18. The van der Waals surface area contributed by atoms with Gasteiger partial charge >= 0.3 is 0 Å². The van der Waals surface area contributed by atoms with Crippen LogP contribution in [0, 0.1) is 5.92 Å². The molecule has 0 spiro atoms. The molecule has 2 rings (SSSR count). The Kier molecular flexibility index (Phi) is 3.42. The maximum Gasteiger partial charge on any atom is 0.0958 e. The fraction of sp³-hybridized carbons (Fsp3) is 1.00. The van der Waals surface area contributed by atoms with Crippen LogP contribution in [0.2, 0.25) is 0 Å². The molecule has 2 unspecified atom stereocenters. The van der Waals surface area contributed by atoms with Crippen LogP contribution in [0.4, 0.5) is 0 Å². The molecule has 1 aliphatic heterocycles. The van der Waals surface area contributed by atoms with Gasteiger partial charge in [0.2, 0.25) is 0 Å². The van der Waals surface area contributed by atoms with Crippen molar-refractivity contribution in [1.82, 2.24) is 5.32 Å². The summed E-state index contributed by atoms with van der Waals surface area (Å²) in [6.45, 7) is 3.94. The van der Waals surface area contributed by atoms with Crippen LogP contribution in [0.25, 0.3) is 0 Å². The van der Waals surface area contributed by atoms with Gasteiger partial charge in [0.05, 0.1) is 12.7 Å². The number of hydrogen-bond donors (Lipinski definition) is 1. The van der Waals surface area contributed by atoms with Crippen molar-refractivity contribution in [3.63, 3.8) is 0 Å². The van der Waals surface area contributed by atoms with Crippen molar-refractivity contribution in [1.29, 1.82) is 0 Å². The summed E-state index contributed by atoms with van der Waals surface area (Å²) in [6, 6.07) is 1.23. The second kappa shape index (κ2) is 4.60. The minimum absolute atomic E-state index is 0.250. The Labute approximate surface area is 86.2 Å². The van der Waals surface area contributed by atoms with Crippen LogP contribution >= 0.6 is 0 Å². The van der Waals surface area contributed by atoms with Crippen molar-refractivity contribution >= 4 is 0 Å². The Balaban J connectivity index is 1.77. The van der Waals surface area contributed by atoms with E-state index in [0.29, 0.717) is 6.04 Å². The zero-order chi connectivity index (χ0) is 9.97. The van der Waals surface area contributed by atoms with Crippen LogP contribution in [-0.4, -0.2) is 38.5 Å². The standard InChI is InChI=1S/C11H21NO2/c1-8-5-9(6-8)12-10-3-4-14-7-11(10)13-2/h8-12H,3-7H2,1-2H3. The number of rotatable bonds is 3. The van der Waals surface area contributed by atoms with Gasteiger partial charge < -0.3 is 14.8 Å². The highest BCUT2D eigenvalue weighted by molar-refractivity contribution is 4.89. The molecule has 2 fully saturated rings. The molecule has 0 aromatic heterocycles. The van der Waals surface area contributed by atoms with E-state index in [-0.39, 0.29) is 6.10 Å². The summed E-state index contributed by atoms with van der Waals surface area (Å²) < 4.78 is 10.8. The minimum atomic E-state index is 0.250. The first-order chi connectivity index (χ1) is 6.79. The predicted molar refractivity (Wildman–Crippen MR) is 55.3 cm³/mol. The number of hydrogen-bond acceptors (Lipinski definition) is 3. The van der Waals surface area contributed by atoms with E-state index in [1.54, 1.807) is 7.11 Å². The Morgan fingerprint density at radius 2 is 2.14 bits per heavy atom. The molecule has 0 amide bonds. The second-order valence-corrected chi connectivity index (χ2v) is 4.68. The van der Waals surface area contributed by atoms with Crippen LogP contribution < -0.4 is 5.32 Å². The number of methoxy groups -OCH3 is 1. The van der Waals surface area contributed by atoms with Crippen LogP contribution in [0.1, 0.15) is 26.2 Å². The molecule has 0 aromatic rings. The van der Waals surface area contributed by atoms with Crippen LogP contribution in [0.15, 0.2) is 0 Å². The molecule has 1 saturated carbocycles. The van der Waals surface area contributed by atoms with Crippen molar-refractivity contribution < 1.29 is 9.47 Å². The lowest BCUT2D eigenvalue weighted by atomic mass is 9.81. The minimum Gasteiger partial charge on any atom is -0.379 e. The van der Waals surface area contributed by atoms with Gasteiger partial charge in [-0.25, -0.2) is 0 Å². The third-order valence-corrected chi connectivity index (χ3v) is 3.43. The Morgan fingerprint density at radius 1 is 1.36 bits per heavy atom. The Bertz CT molecular complexity index is 180. The summed E-state index contributed by atoms with van der Waals surface area (Å²) in [4.78, 5) is 0. The van der Waals surface area contributed by atoms with Gasteiger partial charge in [0.25, 0.3) is 0 Å². The fourth-order valence-corrected chi connectivity index (χ4v) is 2.48. The van der Waals surface area contributed by atoms with Gasteiger partial charge in [-0.15, -0.1) is 0 Å². The van der Waals surface area contributed by atoms with Crippen LogP contribution in [-0.2, 0) is 9.47 Å². The van der Waals surface area contributed by atoms with E-state index >= 15 is 0 Å². The molecule has 3 heteroatoms. The summed E-state index contributed by atoms with van der Waals surface area (Å²) in [5.41, 5.74) is 0. The summed E-state index contributed by atoms with van der Waals surface area (Å²) in [7, 11) is 1.78. The van der Waals surface area contributed by atoms with Crippen molar-refractivity contribution in [2.75, 3.05) is 20.3 Å². The monoisotopic (exact) mass is 199 g/mol. The van der Waals surface area contributed by atoms with Gasteiger partial charge in [0, 0.05) is 25.8 Å².